The van der Waals surface area contributed by atoms with Gasteiger partial charge in [0.25, 0.3) is 5.56 Å². The number of esters is 1. The van der Waals surface area contributed by atoms with Gasteiger partial charge in [-0.25, -0.2) is 9.79 Å². The van der Waals surface area contributed by atoms with E-state index in [0.29, 0.717) is 44.3 Å². The second-order valence-corrected chi connectivity index (χ2v) is 10.1. The molecule has 0 radical (unpaired) electrons. The molecule has 0 saturated heterocycles. The molecule has 1 atom stereocenters. The van der Waals surface area contributed by atoms with E-state index in [1.807, 2.05) is 49.4 Å². The molecule has 1 aromatic heterocycles. The lowest BCUT2D eigenvalue weighted by molar-refractivity contribution is -0.139. The number of fused-ring (bicyclic) bond motifs is 1. The fraction of sp³-hybridized carbons (Fsp3) is 0.367. The van der Waals surface area contributed by atoms with Crippen LogP contribution in [-0.2, 0) is 9.53 Å². The number of carbonyl (C=O) groups is 1. The Morgan fingerprint density at radius 3 is 2.54 bits per heavy atom. The highest BCUT2D eigenvalue weighted by Gasteiger charge is 2.34. The normalized spacial score (nSPS) is 15.0. The summed E-state index contributed by atoms with van der Waals surface area (Å²) in [6.07, 6.45) is 3.78. The van der Waals surface area contributed by atoms with Gasteiger partial charge in [0.2, 0.25) is 0 Å². The molecule has 3 aromatic rings. The molecule has 39 heavy (non-hydrogen) atoms. The summed E-state index contributed by atoms with van der Waals surface area (Å²) in [7, 11) is 3.19. The van der Waals surface area contributed by atoms with Gasteiger partial charge in [-0.1, -0.05) is 36.8 Å². The number of hydrogen-bond donors (Lipinski definition) is 0. The maximum Gasteiger partial charge on any atom is 0.338 e. The molecule has 0 saturated carbocycles. The Hall–Kier alpha value is -3.85. The number of benzene rings is 2. The Morgan fingerprint density at radius 2 is 1.87 bits per heavy atom. The highest BCUT2D eigenvalue weighted by molar-refractivity contribution is 7.07. The van der Waals surface area contributed by atoms with E-state index in [1.165, 1.54) is 11.3 Å². The molecule has 0 bridgehead atoms. The van der Waals surface area contributed by atoms with Crippen molar-refractivity contribution in [1.82, 2.24) is 4.57 Å². The molecule has 8 nitrogen and oxygen atoms in total. The lowest BCUT2D eigenvalue weighted by atomic mass is 9.95. The number of carbonyl (C=O) groups excluding carboxylic acids is 1. The van der Waals surface area contributed by atoms with Crippen LogP contribution in [0.4, 0.5) is 0 Å². The van der Waals surface area contributed by atoms with Crippen LogP contribution in [0.15, 0.2) is 57.5 Å². The van der Waals surface area contributed by atoms with Gasteiger partial charge in [-0.05, 0) is 74.2 Å². The van der Waals surface area contributed by atoms with E-state index in [-0.39, 0.29) is 12.2 Å². The molecule has 0 spiro atoms. The largest absolute Gasteiger partial charge is 0.497 e. The van der Waals surface area contributed by atoms with Crippen molar-refractivity contribution in [3.63, 3.8) is 0 Å². The second kappa shape index (κ2) is 12.3. The number of allylic oxidation sites excluding steroid dienone is 1. The lowest BCUT2D eigenvalue weighted by Crippen LogP contribution is -2.40. The number of unbranched alkanes of at least 4 members (excludes halogenated alkanes) is 1. The zero-order valence-corrected chi connectivity index (χ0v) is 24.0. The minimum Gasteiger partial charge on any atom is -0.497 e. The minimum atomic E-state index is -0.738. The van der Waals surface area contributed by atoms with Gasteiger partial charge >= 0.3 is 5.97 Å². The Balaban J connectivity index is 1.89. The Kier molecular flexibility index (Phi) is 8.91. The molecule has 0 N–H and O–H groups in total. The SMILES string of the molecule is CCCCOc1ccc([C@@H]2C(C(=O)OCC)=C(C)N=c3s/c(=C\c4ccc(OC)cc4C)c(=O)n32)cc1OC. The van der Waals surface area contributed by atoms with Gasteiger partial charge < -0.3 is 18.9 Å². The van der Waals surface area contributed by atoms with Crippen LogP contribution >= 0.6 is 11.3 Å². The molecule has 0 unspecified atom stereocenters. The smallest absolute Gasteiger partial charge is 0.338 e. The van der Waals surface area contributed by atoms with Crippen molar-refractivity contribution in [2.45, 2.75) is 46.6 Å². The van der Waals surface area contributed by atoms with Gasteiger partial charge in [0.1, 0.15) is 5.75 Å². The number of aromatic nitrogens is 1. The second-order valence-electron chi connectivity index (χ2n) is 9.14. The molecule has 206 valence electrons. The van der Waals surface area contributed by atoms with Gasteiger partial charge in [0.15, 0.2) is 16.3 Å². The van der Waals surface area contributed by atoms with Gasteiger partial charge in [-0.3, -0.25) is 9.36 Å². The van der Waals surface area contributed by atoms with Crippen LogP contribution in [0.2, 0.25) is 0 Å². The van der Waals surface area contributed by atoms with Crippen LogP contribution in [-0.4, -0.2) is 38.0 Å². The number of hydrogen-bond acceptors (Lipinski definition) is 8. The fourth-order valence-corrected chi connectivity index (χ4v) is 5.52. The van der Waals surface area contributed by atoms with Crippen molar-refractivity contribution < 1.29 is 23.7 Å². The third kappa shape index (κ3) is 5.78. The number of ether oxygens (including phenoxy) is 4. The zero-order chi connectivity index (χ0) is 28.1. The van der Waals surface area contributed by atoms with Crippen molar-refractivity contribution in [2.24, 2.45) is 4.99 Å². The number of methoxy groups -OCH3 is 2. The average molecular weight is 551 g/mol. The molecule has 0 fully saturated rings. The first-order valence-corrected chi connectivity index (χ1v) is 13.8. The summed E-state index contributed by atoms with van der Waals surface area (Å²) in [5.41, 5.74) is 3.15. The van der Waals surface area contributed by atoms with Crippen molar-refractivity contribution >= 4 is 23.4 Å². The molecule has 1 aliphatic rings. The van der Waals surface area contributed by atoms with Crippen LogP contribution in [0.3, 0.4) is 0 Å². The monoisotopic (exact) mass is 550 g/mol. The van der Waals surface area contributed by atoms with E-state index in [2.05, 4.69) is 11.9 Å². The molecular weight excluding hydrogens is 516 g/mol. The summed E-state index contributed by atoms with van der Waals surface area (Å²) >= 11 is 1.29. The molecule has 9 heteroatoms. The number of rotatable bonds is 10. The van der Waals surface area contributed by atoms with E-state index >= 15 is 0 Å². The summed E-state index contributed by atoms with van der Waals surface area (Å²) in [5, 5.41) is 0. The predicted molar refractivity (Wildman–Crippen MR) is 152 cm³/mol. The van der Waals surface area contributed by atoms with E-state index in [1.54, 1.807) is 32.6 Å². The van der Waals surface area contributed by atoms with Crippen LogP contribution in [0.5, 0.6) is 17.2 Å². The van der Waals surface area contributed by atoms with Gasteiger partial charge in [-0.2, -0.15) is 0 Å². The van der Waals surface area contributed by atoms with E-state index in [4.69, 9.17) is 18.9 Å². The predicted octanol–water partition coefficient (Wildman–Crippen LogP) is 4.30. The van der Waals surface area contributed by atoms with Crippen LogP contribution in [0, 0.1) is 6.92 Å². The summed E-state index contributed by atoms with van der Waals surface area (Å²) in [6, 6.07) is 10.5. The standard InChI is InChI=1S/C30H34N2O6S/c1-7-9-14-38-23-13-11-21(16-24(23)36-6)27-26(29(34)37-8-2)19(4)31-30-32(27)28(33)25(39-30)17-20-10-12-22(35-5)15-18(20)3/h10-13,15-17,27H,7-9,14H2,1-6H3/b25-17-/t27-/m1/s1. The first-order valence-electron chi connectivity index (χ1n) is 13.0. The van der Waals surface area contributed by atoms with Crippen molar-refractivity contribution in [2.75, 3.05) is 27.4 Å². The third-order valence-electron chi connectivity index (χ3n) is 6.54. The summed E-state index contributed by atoms with van der Waals surface area (Å²) in [6.45, 7) is 8.36. The zero-order valence-electron chi connectivity index (χ0n) is 23.2. The summed E-state index contributed by atoms with van der Waals surface area (Å²) < 4.78 is 24.3. The summed E-state index contributed by atoms with van der Waals surface area (Å²) in [4.78, 5) is 32.2. The topological polar surface area (TPSA) is 88.4 Å². The maximum atomic E-state index is 13.9. The fourth-order valence-electron chi connectivity index (χ4n) is 4.49. The molecule has 4 rings (SSSR count). The minimum absolute atomic E-state index is 0.205. The Bertz CT molecular complexity index is 1580. The molecule has 2 heterocycles. The van der Waals surface area contributed by atoms with E-state index in [9.17, 15) is 9.59 Å². The molecular formula is C30H34N2O6S. The first kappa shape index (κ1) is 28.2. The van der Waals surface area contributed by atoms with Crippen LogP contribution in [0.1, 0.15) is 56.3 Å². The summed E-state index contributed by atoms with van der Waals surface area (Å²) in [5.74, 6) is 1.37. The number of thiazole rings is 1. The highest BCUT2D eigenvalue weighted by atomic mass is 32.1. The Labute approximate surface area is 231 Å². The number of aryl methyl sites for hydroxylation is 1. The van der Waals surface area contributed by atoms with Crippen LogP contribution in [0.25, 0.3) is 6.08 Å². The first-order chi connectivity index (χ1) is 18.8. The maximum absolute atomic E-state index is 13.9. The average Bonchev–Trinajstić information content (AvgIpc) is 3.23. The molecule has 1 aliphatic heterocycles. The van der Waals surface area contributed by atoms with Crippen LogP contribution < -0.4 is 29.1 Å². The quantitative estimate of drug-likeness (QED) is 0.276. The highest BCUT2D eigenvalue weighted by Crippen LogP contribution is 2.36. The Morgan fingerprint density at radius 1 is 1.08 bits per heavy atom. The van der Waals surface area contributed by atoms with E-state index in [0.717, 1.165) is 29.7 Å². The molecule has 2 aromatic carbocycles. The number of nitrogens with zero attached hydrogens (tertiary/aromatic N) is 2. The van der Waals surface area contributed by atoms with E-state index < -0.39 is 12.0 Å². The van der Waals surface area contributed by atoms with Crippen molar-refractivity contribution in [1.29, 1.82) is 0 Å². The van der Waals surface area contributed by atoms with Gasteiger partial charge in [0, 0.05) is 0 Å². The molecule has 0 aliphatic carbocycles. The van der Waals surface area contributed by atoms with Gasteiger partial charge in [-0.15, -0.1) is 0 Å². The van der Waals surface area contributed by atoms with Crippen molar-refractivity contribution in [3.05, 3.63) is 84.0 Å². The van der Waals surface area contributed by atoms with Crippen molar-refractivity contribution in [3.8, 4) is 17.2 Å². The third-order valence-corrected chi connectivity index (χ3v) is 7.52. The molecule has 0 amide bonds. The van der Waals surface area contributed by atoms with Gasteiger partial charge in [0.05, 0.1) is 49.3 Å². The lowest BCUT2D eigenvalue weighted by Gasteiger charge is -2.25.